The van der Waals surface area contributed by atoms with Crippen molar-refractivity contribution < 1.29 is 14.0 Å². The van der Waals surface area contributed by atoms with E-state index in [0.29, 0.717) is 5.92 Å². The fourth-order valence-corrected chi connectivity index (χ4v) is 3.44. The lowest BCUT2D eigenvalue weighted by atomic mass is 9.93. The Balaban J connectivity index is 2.48. The maximum Gasteiger partial charge on any atom is 0.409 e. The van der Waals surface area contributed by atoms with Gasteiger partial charge in [-0.15, -0.1) is 0 Å². The van der Waals surface area contributed by atoms with Gasteiger partial charge < -0.3 is 14.1 Å². The summed E-state index contributed by atoms with van der Waals surface area (Å²) in [6.07, 6.45) is 1.80. The smallest absolute Gasteiger partial charge is 0.409 e. The Bertz CT molecular complexity index is 339. The molecule has 0 aliphatic carbocycles. The predicted octanol–water partition coefficient (Wildman–Crippen LogP) is 3.88. The van der Waals surface area contributed by atoms with Crippen LogP contribution < -0.4 is 0 Å². The molecule has 0 aromatic heterocycles. The van der Waals surface area contributed by atoms with E-state index in [1.165, 1.54) is 7.11 Å². The number of piperidine rings is 1. The van der Waals surface area contributed by atoms with E-state index in [1.54, 1.807) is 0 Å². The second-order valence-corrected chi connectivity index (χ2v) is 12.3. The fourth-order valence-electron chi connectivity index (χ4n) is 2.35. The maximum atomic E-state index is 11.6. The quantitative estimate of drug-likeness (QED) is 0.743. The van der Waals surface area contributed by atoms with Gasteiger partial charge in [0.1, 0.15) is 0 Å². The first-order chi connectivity index (χ1) is 9.08. The van der Waals surface area contributed by atoms with Gasteiger partial charge in [-0.1, -0.05) is 20.8 Å². The van der Waals surface area contributed by atoms with E-state index in [2.05, 4.69) is 40.8 Å². The Hall–Kier alpha value is -0.553. The van der Waals surface area contributed by atoms with Crippen molar-refractivity contribution >= 4 is 14.4 Å². The Morgan fingerprint density at radius 2 is 1.95 bits per heavy atom. The van der Waals surface area contributed by atoms with Gasteiger partial charge in [-0.05, 0) is 43.8 Å². The number of carbonyl (C=O) groups excluding carboxylic acids is 1. The van der Waals surface area contributed by atoms with Crippen molar-refractivity contribution in [3.8, 4) is 0 Å². The van der Waals surface area contributed by atoms with Gasteiger partial charge in [-0.3, -0.25) is 0 Å². The van der Waals surface area contributed by atoms with Crippen LogP contribution in [0.15, 0.2) is 0 Å². The normalized spacial score (nSPS) is 24.6. The van der Waals surface area contributed by atoms with Gasteiger partial charge >= 0.3 is 6.09 Å². The van der Waals surface area contributed by atoms with Gasteiger partial charge in [0.05, 0.1) is 7.11 Å². The lowest BCUT2D eigenvalue weighted by Gasteiger charge is -2.40. The van der Waals surface area contributed by atoms with E-state index in [1.807, 2.05) is 4.90 Å². The minimum atomic E-state index is -1.66. The molecule has 1 fully saturated rings. The summed E-state index contributed by atoms with van der Waals surface area (Å²) in [5.74, 6) is 0.556. The van der Waals surface area contributed by atoms with E-state index < -0.39 is 8.32 Å². The first-order valence-electron chi connectivity index (χ1n) is 7.57. The van der Waals surface area contributed by atoms with Gasteiger partial charge in [-0.2, -0.15) is 0 Å². The summed E-state index contributed by atoms with van der Waals surface area (Å²) in [7, 11) is -0.216. The van der Waals surface area contributed by atoms with Crippen LogP contribution in [0.5, 0.6) is 0 Å². The van der Waals surface area contributed by atoms with Gasteiger partial charge in [0, 0.05) is 19.2 Å². The number of ether oxygens (including phenoxy) is 1. The molecule has 0 spiro atoms. The van der Waals surface area contributed by atoms with Crippen LogP contribution in [0.25, 0.3) is 0 Å². The Labute approximate surface area is 124 Å². The molecule has 0 radical (unpaired) electrons. The molecule has 0 N–H and O–H groups in total. The Kier molecular flexibility index (Phi) is 5.67. The zero-order valence-electron chi connectivity index (χ0n) is 14.2. The van der Waals surface area contributed by atoms with Crippen LogP contribution in [0.3, 0.4) is 0 Å². The molecule has 5 heteroatoms. The second-order valence-electron chi connectivity index (χ2n) is 7.47. The number of methoxy groups -OCH3 is 1. The molecule has 1 saturated heterocycles. The van der Waals surface area contributed by atoms with Crippen molar-refractivity contribution in [1.29, 1.82) is 0 Å². The van der Waals surface area contributed by atoms with Crippen LogP contribution in [0.2, 0.25) is 18.1 Å². The monoisotopic (exact) mass is 301 g/mol. The highest BCUT2D eigenvalue weighted by atomic mass is 28.4. The van der Waals surface area contributed by atoms with Crippen LogP contribution in [0.4, 0.5) is 4.79 Å². The van der Waals surface area contributed by atoms with Gasteiger partial charge in [0.15, 0.2) is 8.32 Å². The largest absolute Gasteiger partial charge is 0.453 e. The van der Waals surface area contributed by atoms with Crippen molar-refractivity contribution in [3.63, 3.8) is 0 Å². The molecule has 1 rings (SSSR count). The molecule has 0 aromatic rings. The van der Waals surface area contributed by atoms with Gasteiger partial charge in [0.2, 0.25) is 0 Å². The summed E-state index contributed by atoms with van der Waals surface area (Å²) in [6, 6.07) is 0.240. The second kappa shape index (κ2) is 6.48. The maximum absolute atomic E-state index is 11.6. The van der Waals surface area contributed by atoms with Crippen molar-refractivity contribution in [2.24, 2.45) is 5.92 Å². The molecular formula is C15H31NO3Si. The van der Waals surface area contributed by atoms with E-state index in [4.69, 9.17) is 9.16 Å². The van der Waals surface area contributed by atoms with E-state index >= 15 is 0 Å². The summed E-state index contributed by atoms with van der Waals surface area (Å²) in [5, 5.41) is 0.255. The molecule has 20 heavy (non-hydrogen) atoms. The average Bonchev–Trinajstić information content (AvgIpc) is 2.34. The third-order valence-corrected chi connectivity index (χ3v) is 9.38. The van der Waals surface area contributed by atoms with Crippen molar-refractivity contribution in [2.45, 2.75) is 64.7 Å². The molecule has 2 atom stereocenters. The third kappa shape index (κ3) is 4.22. The van der Waals surface area contributed by atoms with E-state index in [9.17, 15) is 4.79 Å². The molecule has 0 aromatic carbocycles. The zero-order chi connectivity index (χ0) is 15.6. The third-order valence-electron chi connectivity index (χ3n) is 4.88. The number of amides is 1. The fraction of sp³-hybridized carbons (Fsp3) is 0.933. The SMILES string of the molecule is COC(=O)N1CCC(CO[Si](C)(C)C(C)(C)C)CC1C. The lowest BCUT2D eigenvalue weighted by molar-refractivity contribution is 0.0686. The van der Waals surface area contributed by atoms with E-state index in [-0.39, 0.29) is 17.2 Å². The zero-order valence-corrected chi connectivity index (χ0v) is 15.2. The summed E-state index contributed by atoms with van der Waals surface area (Å²) < 4.78 is 11.1. The summed E-state index contributed by atoms with van der Waals surface area (Å²) in [4.78, 5) is 13.4. The molecule has 0 bridgehead atoms. The number of hydrogen-bond acceptors (Lipinski definition) is 3. The molecule has 2 unspecified atom stereocenters. The summed E-state index contributed by atoms with van der Waals surface area (Å²) in [5.41, 5.74) is 0. The van der Waals surface area contributed by atoms with Crippen LogP contribution in [0.1, 0.15) is 40.5 Å². The first kappa shape index (κ1) is 17.5. The number of hydrogen-bond donors (Lipinski definition) is 0. The summed E-state index contributed by atoms with van der Waals surface area (Å²) >= 11 is 0. The number of likely N-dealkylation sites (tertiary alicyclic amines) is 1. The number of rotatable bonds is 3. The highest BCUT2D eigenvalue weighted by molar-refractivity contribution is 6.74. The lowest BCUT2D eigenvalue weighted by Crippen LogP contribution is -2.47. The molecular weight excluding hydrogens is 270 g/mol. The highest BCUT2D eigenvalue weighted by Gasteiger charge is 2.38. The van der Waals surface area contributed by atoms with E-state index in [0.717, 1.165) is 26.0 Å². The standard InChI is InChI=1S/C15H31NO3Si/c1-12-10-13(8-9-16(12)14(17)18-5)11-19-20(6,7)15(2,3)4/h12-13H,8-11H2,1-7H3. The minimum absolute atomic E-state index is 0.207. The highest BCUT2D eigenvalue weighted by Crippen LogP contribution is 2.37. The van der Waals surface area contributed by atoms with Gasteiger partial charge in [-0.25, -0.2) is 4.79 Å². The number of nitrogens with zero attached hydrogens (tertiary/aromatic N) is 1. The molecule has 1 heterocycles. The van der Waals surface area contributed by atoms with Gasteiger partial charge in [0.25, 0.3) is 0 Å². The molecule has 1 amide bonds. The minimum Gasteiger partial charge on any atom is -0.453 e. The Morgan fingerprint density at radius 1 is 1.35 bits per heavy atom. The first-order valence-corrected chi connectivity index (χ1v) is 10.5. The molecule has 118 valence electrons. The topological polar surface area (TPSA) is 38.8 Å². The molecule has 4 nitrogen and oxygen atoms in total. The van der Waals surface area contributed by atoms with Crippen LogP contribution in [0, 0.1) is 5.92 Å². The van der Waals surface area contributed by atoms with Crippen molar-refractivity contribution in [2.75, 3.05) is 20.3 Å². The molecule has 1 aliphatic rings. The number of carbonyl (C=O) groups is 1. The summed E-state index contributed by atoms with van der Waals surface area (Å²) in [6.45, 7) is 15.1. The van der Waals surface area contributed by atoms with Crippen LogP contribution in [-0.2, 0) is 9.16 Å². The molecule has 1 aliphatic heterocycles. The Morgan fingerprint density at radius 3 is 2.40 bits per heavy atom. The van der Waals surface area contributed by atoms with Crippen LogP contribution >= 0.6 is 0 Å². The van der Waals surface area contributed by atoms with Crippen LogP contribution in [-0.4, -0.2) is 45.6 Å². The average molecular weight is 302 g/mol. The van der Waals surface area contributed by atoms with Crippen molar-refractivity contribution in [3.05, 3.63) is 0 Å². The molecule has 0 saturated carbocycles. The van der Waals surface area contributed by atoms with Crippen molar-refractivity contribution in [1.82, 2.24) is 4.90 Å². The predicted molar refractivity (Wildman–Crippen MR) is 84.4 cm³/mol.